The molecule has 0 spiro atoms. The molecule has 1 aromatic carbocycles. The second-order valence-corrected chi connectivity index (χ2v) is 6.40. The summed E-state index contributed by atoms with van der Waals surface area (Å²) in [5, 5.41) is 5.31. The highest BCUT2D eigenvalue weighted by molar-refractivity contribution is 7.18. The summed E-state index contributed by atoms with van der Waals surface area (Å²) in [7, 11) is 3.24. The number of ether oxygens (including phenoxy) is 2. The van der Waals surface area contributed by atoms with Crippen molar-refractivity contribution in [1.82, 2.24) is 9.97 Å². The van der Waals surface area contributed by atoms with E-state index in [0.717, 1.165) is 15.8 Å². The van der Waals surface area contributed by atoms with Gasteiger partial charge in [0.15, 0.2) is 5.82 Å². The number of hydrazone groups is 1. The van der Waals surface area contributed by atoms with E-state index in [0.29, 0.717) is 17.3 Å². The number of methoxy groups -OCH3 is 2. The van der Waals surface area contributed by atoms with Gasteiger partial charge in [-0.1, -0.05) is 0 Å². The first kappa shape index (κ1) is 16.2. The normalized spacial score (nSPS) is 11.2. The van der Waals surface area contributed by atoms with Crippen LogP contribution in [0.4, 0.5) is 5.82 Å². The van der Waals surface area contributed by atoms with Crippen LogP contribution < -0.4 is 14.9 Å². The van der Waals surface area contributed by atoms with Gasteiger partial charge < -0.3 is 9.47 Å². The van der Waals surface area contributed by atoms with Gasteiger partial charge in [0.05, 0.1) is 25.8 Å². The molecule has 2 heterocycles. The number of thiophene rings is 1. The first-order valence-corrected chi connectivity index (χ1v) is 8.17. The van der Waals surface area contributed by atoms with Crippen molar-refractivity contribution in [3.8, 4) is 11.5 Å². The molecule has 1 N–H and O–H groups in total. The lowest BCUT2D eigenvalue weighted by atomic mass is 10.2. The maximum atomic E-state index is 5.26. The van der Waals surface area contributed by atoms with Gasteiger partial charge in [0.1, 0.15) is 22.7 Å². The van der Waals surface area contributed by atoms with Crippen molar-refractivity contribution in [3.05, 3.63) is 40.5 Å². The molecular weight excluding hydrogens is 324 g/mol. The number of nitrogens with one attached hydrogen (secondary N) is 1. The second kappa shape index (κ2) is 6.84. The van der Waals surface area contributed by atoms with E-state index in [1.807, 2.05) is 18.2 Å². The van der Waals surface area contributed by atoms with Gasteiger partial charge in [-0.15, -0.1) is 11.3 Å². The molecule has 0 aliphatic carbocycles. The molecule has 0 saturated heterocycles. The molecule has 7 heteroatoms. The van der Waals surface area contributed by atoms with E-state index in [-0.39, 0.29) is 0 Å². The summed E-state index contributed by atoms with van der Waals surface area (Å²) in [6, 6.07) is 5.57. The van der Waals surface area contributed by atoms with Gasteiger partial charge in [-0.25, -0.2) is 9.97 Å². The summed E-state index contributed by atoms with van der Waals surface area (Å²) in [4.78, 5) is 10.8. The molecule has 124 valence electrons. The number of nitrogens with zero attached hydrogens (tertiary/aromatic N) is 3. The Kier molecular flexibility index (Phi) is 4.61. The van der Waals surface area contributed by atoms with Crippen LogP contribution in [0.2, 0.25) is 0 Å². The average molecular weight is 342 g/mol. The number of benzene rings is 1. The van der Waals surface area contributed by atoms with E-state index in [1.165, 1.54) is 10.4 Å². The van der Waals surface area contributed by atoms with Gasteiger partial charge in [0, 0.05) is 16.5 Å². The number of anilines is 1. The summed E-state index contributed by atoms with van der Waals surface area (Å²) in [6.07, 6.45) is 3.25. The summed E-state index contributed by atoms with van der Waals surface area (Å²) >= 11 is 1.66. The summed E-state index contributed by atoms with van der Waals surface area (Å²) in [5.41, 5.74) is 5.05. The van der Waals surface area contributed by atoms with Crippen LogP contribution in [0, 0.1) is 13.8 Å². The molecule has 3 aromatic rings. The van der Waals surface area contributed by atoms with Crippen LogP contribution in [-0.2, 0) is 0 Å². The molecule has 0 aliphatic rings. The summed E-state index contributed by atoms with van der Waals surface area (Å²) < 4.78 is 10.5. The fraction of sp³-hybridized carbons (Fsp3) is 0.235. The Hall–Kier alpha value is -2.67. The number of hydrogen-bond acceptors (Lipinski definition) is 7. The topological polar surface area (TPSA) is 68.6 Å². The maximum Gasteiger partial charge on any atom is 0.158 e. The molecular formula is C17H18N4O2S. The summed E-state index contributed by atoms with van der Waals surface area (Å²) in [6.45, 7) is 4.15. The van der Waals surface area contributed by atoms with Crippen LogP contribution in [0.25, 0.3) is 10.2 Å². The van der Waals surface area contributed by atoms with Crippen molar-refractivity contribution in [3.63, 3.8) is 0 Å². The predicted molar refractivity (Wildman–Crippen MR) is 97.7 cm³/mol. The zero-order valence-corrected chi connectivity index (χ0v) is 14.8. The van der Waals surface area contributed by atoms with E-state index < -0.39 is 0 Å². The Labute approximate surface area is 144 Å². The third kappa shape index (κ3) is 3.16. The highest BCUT2D eigenvalue weighted by atomic mass is 32.1. The number of aryl methyl sites for hydroxylation is 2. The number of hydrogen-bond donors (Lipinski definition) is 1. The van der Waals surface area contributed by atoms with E-state index >= 15 is 0 Å². The Morgan fingerprint density at radius 2 is 1.79 bits per heavy atom. The van der Waals surface area contributed by atoms with Crippen molar-refractivity contribution in [2.24, 2.45) is 5.10 Å². The van der Waals surface area contributed by atoms with Crippen LogP contribution in [-0.4, -0.2) is 30.4 Å². The predicted octanol–water partition coefficient (Wildman–Crippen LogP) is 3.77. The van der Waals surface area contributed by atoms with Crippen molar-refractivity contribution >= 4 is 33.6 Å². The third-order valence-electron chi connectivity index (χ3n) is 3.72. The molecule has 0 saturated carbocycles. The molecule has 0 aliphatic heterocycles. The second-order valence-electron chi connectivity index (χ2n) is 5.20. The standard InChI is InChI=1S/C17H18N4O2S/c1-10-11(2)24-17-15(10)16(18-9-19-17)21-20-8-12-5-13(22-3)7-14(6-12)23-4/h5-9H,1-4H3,(H,18,19,21)/b20-8-. The molecule has 6 nitrogen and oxygen atoms in total. The molecule has 3 rings (SSSR count). The van der Waals surface area contributed by atoms with E-state index in [9.17, 15) is 0 Å². The molecule has 0 bridgehead atoms. The highest BCUT2D eigenvalue weighted by Crippen LogP contribution is 2.32. The van der Waals surface area contributed by atoms with Gasteiger partial charge in [0.25, 0.3) is 0 Å². The first-order valence-electron chi connectivity index (χ1n) is 7.35. The molecule has 0 atom stereocenters. The largest absolute Gasteiger partial charge is 0.497 e. The minimum absolute atomic E-state index is 0.702. The fourth-order valence-corrected chi connectivity index (χ4v) is 3.34. The molecule has 0 radical (unpaired) electrons. The Morgan fingerprint density at radius 3 is 2.46 bits per heavy atom. The first-order chi connectivity index (χ1) is 11.6. The van der Waals surface area contributed by atoms with Gasteiger partial charge in [-0.05, 0) is 31.5 Å². The molecule has 0 amide bonds. The average Bonchev–Trinajstić information content (AvgIpc) is 2.89. The summed E-state index contributed by atoms with van der Waals surface area (Å²) in [5.74, 6) is 2.13. The minimum Gasteiger partial charge on any atom is -0.497 e. The third-order valence-corrected chi connectivity index (χ3v) is 4.84. The quantitative estimate of drug-likeness (QED) is 0.564. The van der Waals surface area contributed by atoms with E-state index in [1.54, 1.807) is 38.1 Å². The molecule has 0 fully saturated rings. The molecule has 24 heavy (non-hydrogen) atoms. The van der Waals surface area contributed by atoms with Gasteiger partial charge in [-0.3, -0.25) is 5.43 Å². The van der Waals surface area contributed by atoms with Gasteiger partial charge in [-0.2, -0.15) is 5.10 Å². The lowest BCUT2D eigenvalue weighted by Crippen LogP contribution is -1.96. The van der Waals surface area contributed by atoms with Crippen molar-refractivity contribution in [2.75, 3.05) is 19.6 Å². The lowest BCUT2D eigenvalue weighted by molar-refractivity contribution is 0.394. The zero-order chi connectivity index (χ0) is 17.1. The van der Waals surface area contributed by atoms with Crippen molar-refractivity contribution in [1.29, 1.82) is 0 Å². The van der Waals surface area contributed by atoms with Crippen molar-refractivity contribution in [2.45, 2.75) is 13.8 Å². The Balaban J connectivity index is 1.87. The van der Waals surface area contributed by atoms with Crippen molar-refractivity contribution < 1.29 is 9.47 Å². The molecule has 0 unspecified atom stereocenters. The van der Waals surface area contributed by atoms with E-state index in [4.69, 9.17) is 9.47 Å². The van der Waals surface area contributed by atoms with Crippen LogP contribution in [0.5, 0.6) is 11.5 Å². The minimum atomic E-state index is 0.702. The lowest BCUT2D eigenvalue weighted by Gasteiger charge is -2.06. The fourth-order valence-electron chi connectivity index (χ4n) is 2.34. The number of fused-ring (bicyclic) bond motifs is 1. The Bertz CT molecular complexity index is 883. The van der Waals surface area contributed by atoms with Gasteiger partial charge in [0.2, 0.25) is 0 Å². The number of rotatable bonds is 5. The molecule has 2 aromatic heterocycles. The number of aromatic nitrogens is 2. The SMILES string of the molecule is COc1cc(/C=N\Nc2ncnc3sc(C)c(C)c23)cc(OC)c1. The van der Waals surface area contributed by atoms with Gasteiger partial charge >= 0.3 is 0 Å². The van der Waals surface area contributed by atoms with E-state index in [2.05, 4.69) is 34.3 Å². The maximum absolute atomic E-state index is 5.26. The van der Waals surface area contributed by atoms with Crippen LogP contribution in [0.15, 0.2) is 29.6 Å². The van der Waals surface area contributed by atoms with Crippen LogP contribution in [0.3, 0.4) is 0 Å². The monoisotopic (exact) mass is 342 g/mol. The zero-order valence-electron chi connectivity index (χ0n) is 14.0. The Morgan fingerprint density at radius 1 is 1.08 bits per heavy atom. The van der Waals surface area contributed by atoms with Crippen LogP contribution in [0.1, 0.15) is 16.0 Å². The smallest absolute Gasteiger partial charge is 0.158 e. The highest BCUT2D eigenvalue weighted by Gasteiger charge is 2.11. The van der Waals surface area contributed by atoms with Crippen LogP contribution >= 0.6 is 11.3 Å².